The van der Waals surface area contributed by atoms with Crippen LogP contribution in [0, 0.1) is 0 Å². The van der Waals surface area contributed by atoms with E-state index < -0.39 is 0 Å². The molecule has 2 aromatic carbocycles. The van der Waals surface area contributed by atoms with E-state index in [1.54, 1.807) is 20.4 Å². The molecule has 0 saturated heterocycles. The average Bonchev–Trinajstić information content (AvgIpc) is 2.73. The smallest absolute Gasteiger partial charge is 0.282 e. The molecule has 3 rings (SSSR count). The first-order valence-electron chi connectivity index (χ1n) is 8.82. The van der Waals surface area contributed by atoms with E-state index in [1.165, 1.54) is 4.68 Å². The number of anilines is 1. The molecule has 3 aromatic rings. The van der Waals surface area contributed by atoms with Crippen molar-refractivity contribution in [1.82, 2.24) is 9.78 Å². The number of halogens is 1. The van der Waals surface area contributed by atoms with Gasteiger partial charge in [0.05, 0.1) is 19.0 Å². The van der Waals surface area contributed by atoms with Crippen LogP contribution in [0.25, 0.3) is 0 Å². The number of nitrogens with zero attached hydrogens (tertiary/aromatic N) is 2. The maximum Gasteiger partial charge on any atom is 0.282 e. The number of ether oxygens (including phenoxy) is 2. The number of nitrogens with one attached hydrogen (secondary N) is 1. The Morgan fingerprint density at radius 3 is 2.64 bits per heavy atom. The summed E-state index contributed by atoms with van der Waals surface area (Å²) in [6.45, 7) is 2.47. The molecule has 7 heteroatoms. The van der Waals surface area contributed by atoms with E-state index in [0.717, 1.165) is 11.1 Å². The van der Waals surface area contributed by atoms with Gasteiger partial charge in [-0.3, -0.25) is 4.79 Å². The fourth-order valence-corrected chi connectivity index (χ4v) is 3.21. The lowest BCUT2D eigenvalue weighted by Gasteiger charge is -2.18. The zero-order valence-corrected chi connectivity index (χ0v) is 17.6. The average molecular weight is 444 g/mol. The molecule has 146 valence electrons. The van der Waals surface area contributed by atoms with Crippen molar-refractivity contribution in [3.05, 3.63) is 80.7 Å². The van der Waals surface area contributed by atoms with Gasteiger partial charge < -0.3 is 14.8 Å². The Labute approximate surface area is 172 Å². The van der Waals surface area contributed by atoms with E-state index in [2.05, 4.69) is 26.3 Å². The van der Waals surface area contributed by atoms with Crippen LogP contribution in [-0.2, 0) is 13.7 Å². The third kappa shape index (κ3) is 4.54. The molecule has 0 aliphatic heterocycles. The van der Waals surface area contributed by atoms with Crippen LogP contribution in [0.1, 0.15) is 24.1 Å². The largest absolute Gasteiger partial charge is 0.493 e. The van der Waals surface area contributed by atoms with Gasteiger partial charge in [-0.1, -0.05) is 36.4 Å². The van der Waals surface area contributed by atoms with Crippen molar-refractivity contribution < 1.29 is 9.47 Å². The Morgan fingerprint density at radius 1 is 1.18 bits per heavy atom. The van der Waals surface area contributed by atoms with Gasteiger partial charge in [-0.25, -0.2) is 4.68 Å². The second-order valence-corrected chi connectivity index (χ2v) is 7.14. The first kappa shape index (κ1) is 19.9. The van der Waals surface area contributed by atoms with Crippen LogP contribution >= 0.6 is 15.9 Å². The Morgan fingerprint density at radius 2 is 1.93 bits per heavy atom. The predicted octanol–water partition coefficient (Wildman–Crippen LogP) is 4.30. The highest BCUT2D eigenvalue weighted by atomic mass is 79.9. The van der Waals surface area contributed by atoms with Crippen LogP contribution < -0.4 is 20.3 Å². The zero-order chi connectivity index (χ0) is 20.1. The number of aryl methyl sites for hydroxylation is 1. The van der Waals surface area contributed by atoms with Gasteiger partial charge >= 0.3 is 0 Å². The van der Waals surface area contributed by atoms with Crippen molar-refractivity contribution >= 4 is 21.6 Å². The predicted molar refractivity (Wildman–Crippen MR) is 113 cm³/mol. The third-order valence-electron chi connectivity index (χ3n) is 4.38. The van der Waals surface area contributed by atoms with Gasteiger partial charge in [0.25, 0.3) is 5.56 Å². The molecule has 0 aliphatic carbocycles. The van der Waals surface area contributed by atoms with Crippen molar-refractivity contribution in [3.8, 4) is 11.5 Å². The van der Waals surface area contributed by atoms with Crippen molar-refractivity contribution in [2.75, 3.05) is 12.4 Å². The van der Waals surface area contributed by atoms with Crippen LogP contribution in [0.4, 0.5) is 5.69 Å². The minimum Gasteiger partial charge on any atom is -0.493 e. The second kappa shape index (κ2) is 8.93. The summed E-state index contributed by atoms with van der Waals surface area (Å²) in [6.07, 6.45) is 1.62. The third-order valence-corrected chi connectivity index (χ3v) is 5.14. The van der Waals surface area contributed by atoms with Crippen LogP contribution in [-0.4, -0.2) is 16.9 Å². The van der Waals surface area contributed by atoms with Gasteiger partial charge in [0.2, 0.25) is 0 Å². The summed E-state index contributed by atoms with van der Waals surface area (Å²) in [7, 11) is 3.23. The maximum atomic E-state index is 12.0. The summed E-state index contributed by atoms with van der Waals surface area (Å²) in [4.78, 5) is 12.0. The van der Waals surface area contributed by atoms with E-state index >= 15 is 0 Å². The van der Waals surface area contributed by atoms with E-state index in [1.807, 2.05) is 55.5 Å². The van der Waals surface area contributed by atoms with Gasteiger partial charge in [0.15, 0.2) is 11.5 Å². The summed E-state index contributed by atoms with van der Waals surface area (Å²) in [5.41, 5.74) is 2.53. The Hall–Kier alpha value is -2.80. The molecule has 0 radical (unpaired) electrons. The lowest BCUT2D eigenvalue weighted by atomic mass is 10.1. The van der Waals surface area contributed by atoms with Crippen molar-refractivity contribution in [2.45, 2.75) is 19.6 Å². The number of hydrogen-bond donors (Lipinski definition) is 1. The molecule has 0 saturated carbocycles. The van der Waals surface area contributed by atoms with Crippen LogP contribution in [0.15, 0.2) is 64.0 Å². The van der Waals surface area contributed by atoms with Crippen LogP contribution in [0.3, 0.4) is 0 Å². The Balaban J connectivity index is 1.75. The molecule has 1 unspecified atom stereocenters. The highest BCUT2D eigenvalue weighted by Gasteiger charge is 2.14. The molecular formula is C21H22BrN3O3. The lowest BCUT2D eigenvalue weighted by molar-refractivity contribution is 0.284. The highest BCUT2D eigenvalue weighted by molar-refractivity contribution is 9.10. The molecule has 1 heterocycles. The minimum atomic E-state index is -0.195. The number of rotatable bonds is 7. The first-order chi connectivity index (χ1) is 13.5. The normalized spacial score (nSPS) is 11.7. The molecule has 0 spiro atoms. The van der Waals surface area contributed by atoms with E-state index in [-0.39, 0.29) is 11.6 Å². The van der Waals surface area contributed by atoms with Crippen LogP contribution in [0.2, 0.25) is 0 Å². The molecule has 1 aromatic heterocycles. The zero-order valence-electron chi connectivity index (χ0n) is 16.0. The van der Waals surface area contributed by atoms with Gasteiger partial charge in [-0.05, 0) is 46.1 Å². The summed E-state index contributed by atoms with van der Waals surface area (Å²) < 4.78 is 13.1. The topological polar surface area (TPSA) is 65.4 Å². The van der Waals surface area contributed by atoms with E-state index in [0.29, 0.717) is 28.3 Å². The quantitative estimate of drug-likeness (QED) is 0.589. The van der Waals surface area contributed by atoms with Gasteiger partial charge in [0.1, 0.15) is 11.1 Å². The summed E-state index contributed by atoms with van der Waals surface area (Å²) >= 11 is 3.33. The Kier molecular flexibility index (Phi) is 6.36. The van der Waals surface area contributed by atoms with Crippen molar-refractivity contribution in [1.29, 1.82) is 0 Å². The standard InChI is InChI=1S/C21H22BrN3O3/c1-14(24-17-12-23-25(2)21(26)20(17)22)16-9-10-18(19(11-16)27-3)28-13-15-7-5-4-6-8-15/h4-12,14,24H,13H2,1-3H3. The van der Waals surface area contributed by atoms with Crippen molar-refractivity contribution in [2.24, 2.45) is 7.05 Å². The lowest BCUT2D eigenvalue weighted by Crippen LogP contribution is -2.22. The summed E-state index contributed by atoms with van der Waals surface area (Å²) in [5, 5.41) is 7.36. The SMILES string of the molecule is COc1cc(C(C)Nc2cnn(C)c(=O)c2Br)ccc1OCc1ccccc1. The maximum absolute atomic E-state index is 12.0. The molecule has 6 nitrogen and oxygen atoms in total. The Bertz CT molecular complexity index is 1010. The highest BCUT2D eigenvalue weighted by Crippen LogP contribution is 2.32. The van der Waals surface area contributed by atoms with Gasteiger partial charge in [0, 0.05) is 13.1 Å². The molecule has 1 atom stereocenters. The first-order valence-corrected chi connectivity index (χ1v) is 9.62. The molecule has 0 amide bonds. The summed E-state index contributed by atoms with van der Waals surface area (Å²) in [5.74, 6) is 1.34. The van der Waals surface area contributed by atoms with Gasteiger partial charge in [-0.15, -0.1) is 0 Å². The van der Waals surface area contributed by atoms with Gasteiger partial charge in [-0.2, -0.15) is 5.10 Å². The molecule has 0 bridgehead atoms. The van der Waals surface area contributed by atoms with E-state index in [9.17, 15) is 4.79 Å². The number of aromatic nitrogens is 2. The number of methoxy groups -OCH3 is 1. The molecular weight excluding hydrogens is 422 g/mol. The second-order valence-electron chi connectivity index (χ2n) is 6.35. The monoisotopic (exact) mass is 443 g/mol. The summed E-state index contributed by atoms with van der Waals surface area (Å²) in [6, 6.07) is 15.7. The minimum absolute atomic E-state index is 0.0673. The molecule has 0 fully saturated rings. The fraction of sp³-hybridized carbons (Fsp3) is 0.238. The molecule has 0 aliphatic rings. The number of hydrogen-bond acceptors (Lipinski definition) is 5. The fourth-order valence-electron chi connectivity index (χ4n) is 2.74. The van der Waals surface area contributed by atoms with E-state index in [4.69, 9.17) is 9.47 Å². The number of benzene rings is 2. The van der Waals surface area contributed by atoms with Crippen LogP contribution in [0.5, 0.6) is 11.5 Å². The molecule has 28 heavy (non-hydrogen) atoms. The van der Waals surface area contributed by atoms with Crippen molar-refractivity contribution in [3.63, 3.8) is 0 Å². The molecule has 1 N–H and O–H groups in total.